The lowest BCUT2D eigenvalue weighted by molar-refractivity contribution is 0.412. The first kappa shape index (κ1) is 13.0. The number of rotatable bonds is 4. The van der Waals surface area contributed by atoms with Crippen LogP contribution in [0.25, 0.3) is 0 Å². The first-order valence-corrected chi connectivity index (χ1v) is 7.31. The molecule has 0 bridgehead atoms. The van der Waals surface area contributed by atoms with Gasteiger partial charge in [-0.1, -0.05) is 0 Å². The van der Waals surface area contributed by atoms with Gasteiger partial charge in [-0.3, -0.25) is 0 Å². The Morgan fingerprint density at radius 1 is 1.47 bits per heavy atom. The first-order chi connectivity index (χ1) is 6.89. The van der Waals surface area contributed by atoms with Crippen LogP contribution in [0.1, 0.15) is 18.7 Å². The standard InChI is InChI=1S/C9H14ClNO2S2/c1-7(2)11(3)15(12,13)9-5-4-8(6-10)14-9/h4-5,7H,6H2,1-3H3. The van der Waals surface area contributed by atoms with Crippen molar-refractivity contribution in [2.75, 3.05) is 7.05 Å². The maximum absolute atomic E-state index is 12.0. The van der Waals surface area contributed by atoms with Crippen LogP contribution >= 0.6 is 22.9 Å². The lowest BCUT2D eigenvalue weighted by Crippen LogP contribution is -2.32. The van der Waals surface area contributed by atoms with Crippen molar-refractivity contribution < 1.29 is 8.42 Å². The summed E-state index contributed by atoms with van der Waals surface area (Å²) in [5.74, 6) is 0.353. The molecule has 1 heterocycles. The van der Waals surface area contributed by atoms with E-state index in [1.165, 1.54) is 15.6 Å². The third-order valence-electron chi connectivity index (χ3n) is 2.13. The van der Waals surface area contributed by atoms with E-state index in [0.717, 1.165) is 4.88 Å². The van der Waals surface area contributed by atoms with Gasteiger partial charge in [0.2, 0.25) is 0 Å². The predicted octanol–water partition coefficient (Wildman–Crippen LogP) is 2.52. The summed E-state index contributed by atoms with van der Waals surface area (Å²) in [6, 6.07) is 3.31. The van der Waals surface area contributed by atoms with Crippen LogP contribution in [0.2, 0.25) is 0 Å². The van der Waals surface area contributed by atoms with Gasteiger partial charge in [0.15, 0.2) is 0 Å². The monoisotopic (exact) mass is 267 g/mol. The number of alkyl halides is 1. The highest BCUT2D eigenvalue weighted by Gasteiger charge is 2.24. The minimum absolute atomic E-state index is 0.0449. The summed E-state index contributed by atoms with van der Waals surface area (Å²) in [5.41, 5.74) is 0. The van der Waals surface area contributed by atoms with E-state index in [4.69, 9.17) is 11.6 Å². The Kier molecular flexibility index (Phi) is 4.17. The van der Waals surface area contributed by atoms with Crippen molar-refractivity contribution in [2.45, 2.75) is 30.0 Å². The topological polar surface area (TPSA) is 37.4 Å². The van der Waals surface area contributed by atoms with Crippen LogP contribution in [0, 0.1) is 0 Å². The van der Waals surface area contributed by atoms with Crippen molar-refractivity contribution in [3.8, 4) is 0 Å². The SMILES string of the molecule is CC(C)N(C)S(=O)(=O)c1ccc(CCl)s1. The zero-order valence-electron chi connectivity index (χ0n) is 8.90. The number of thiophene rings is 1. The lowest BCUT2D eigenvalue weighted by atomic mass is 10.4. The average molecular weight is 268 g/mol. The molecule has 15 heavy (non-hydrogen) atoms. The Balaban J connectivity index is 3.06. The van der Waals surface area contributed by atoms with Crippen molar-refractivity contribution in [1.82, 2.24) is 4.31 Å². The fourth-order valence-electron chi connectivity index (χ4n) is 0.988. The molecule has 0 N–H and O–H groups in total. The molecule has 0 aromatic carbocycles. The molecule has 0 saturated carbocycles. The predicted molar refractivity (Wildman–Crippen MR) is 64.0 cm³/mol. The average Bonchev–Trinajstić information content (AvgIpc) is 2.65. The Morgan fingerprint density at radius 2 is 2.07 bits per heavy atom. The third kappa shape index (κ3) is 2.72. The highest BCUT2D eigenvalue weighted by atomic mass is 35.5. The fourth-order valence-corrected chi connectivity index (χ4v) is 4.00. The molecular formula is C9H14ClNO2S2. The van der Waals surface area contributed by atoms with Crippen LogP contribution in [0.15, 0.2) is 16.3 Å². The van der Waals surface area contributed by atoms with Gasteiger partial charge in [-0.15, -0.1) is 22.9 Å². The Hall–Kier alpha value is -0.100. The van der Waals surface area contributed by atoms with Crippen LogP contribution in [0.3, 0.4) is 0 Å². The van der Waals surface area contributed by atoms with Gasteiger partial charge in [0, 0.05) is 18.0 Å². The Morgan fingerprint density at radius 3 is 2.47 bits per heavy atom. The van der Waals surface area contributed by atoms with E-state index in [0.29, 0.717) is 10.1 Å². The number of halogens is 1. The first-order valence-electron chi connectivity index (χ1n) is 4.52. The Labute approximate surface area is 99.7 Å². The molecule has 1 aromatic heterocycles. The molecule has 3 nitrogen and oxygen atoms in total. The van der Waals surface area contributed by atoms with Gasteiger partial charge in [0.1, 0.15) is 4.21 Å². The van der Waals surface area contributed by atoms with Gasteiger partial charge in [-0.25, -0.2) is 8.42 Å². The largest absolute Gasteiger partial charge is 0.252 e. The molecule has 0 aliphatic carbocycles. The molecule has 0 saturated heterocycles. The third-order valence-corrected chi connectivity index (χ3v) is 6.16. The summed E-state index contributed by atoms with van der Waals surface area (Å²) in [6.07, 6.45) is 0. The van der Waals surface area contributed by atoms with Gasteiger partial charge in [-0.2, -0.15) is 4.31 Å². The van der Waals surface area contributed by atoms with Crippen LogP contribution in [0.4, 0.5) is 0 Å². The highest BCUT2D eigenvalue weighted by molar-refractivity contribution is 7.91. The summed E-state index contributed by atoms with van der Waals surface area (Å²) in [6.45, 7) is 3.68. The molecular weight excluding hydrogens is 254 g/mol. The van der Waals surface area contributed by atoms with Crippen molar-refractivity contribution in [1.29, 1.82) is 0 Å². The zero-order chi connectivity index (χ0) is 11.6. The smallest absolute Gasteiger partial charge is 0.206 e. The molecule has 6 heteroatoms. The van der Waals surface area contributed by atoms with E-state index >= 15 is 0 Å². The molecule has 0 spiro atoms. The van der Waals surface area contributed by atoms with E-state index < -0.39 is 10.0 Å². The van der Waals surface area contributed by atoms with E-state index in [-0.39, 0.29) is 6.04 Å². The molecule has 0 unspecified atom stereocenters. The lowest BCUT2D eigenvalue weighted by Gasteiger charge is -2.19. The van der Waals surface area contributed by atoms with Gasteiger partial charge >= 0.3 is 0 Å². The van der Waals surface area contributed by atoms with E-state index in [1.54, 1.807) is 19.2 Å². The quantitative estimate of drug-likeness (QED) is 0.786. The minimum atomic E-state index is -3.33. The molecule has 0 aliphatic rings. The van der Waals surface area contributed by atoms with E-state index in [1.807, 2.05) is 13.8 Å². The molecule has 86 valence electrons. The van der Waals surface area contributed by atoms with Crippen molar-refractivity contribution in [2.24, 2.45) is 0 Å². The summed E-state index contributed by atoms with van der Waals surface area (Å²) in [5, 5.41) is 0. The second-order valence-corrected chi connectivity index (χ2v) is 7.13. The maximum Gasteiger partial charge on any atom is 0.252 e. The van der Waals surface area contributed by atoms with Crippen LogP contribution in [-0.2, 0) is 15.9 Å². The normalized spacial score (nSPS) is 12.7. The van der Waals surface area contributed by atoms with Gasteiger partial charge in [-0.05, 0) is 26.0 Å². The number of hydrogen-bond acceptors (Lipinski definition) is 3. The molecule has 0 fully saturated rings. The van der Waals surface area contributed by atoms with Gasteiger partial charge in [0.25, 0.3) is 10.0 Å². The summed E-state index contributed by atoms with van der Waals surface area (Å²) in [4.78, 5) is 0.868. The Bertz CT molecular complexity index is 425. The summed E-state index contributed by atoms with van der Waals surface area (Å²) in [7, 11) is -1.75. The van der Waals surface area contributed by atoms with Gasteiger partial charge in [0.05, 0.1) is 5.88 Å². The maximum atomic E-state index is 12.0. The highest BCUT2D eigenvalue weighted by Crippen LogP contribution is 2.26. The molecule has 1 aromatic rings. The minimum Gasteiger partial charge on any atom is -0.206 e. The van der Waals surface area contributed by atoms with Crippen LogP contribution in [0.5, 0.6) is 0 Å². The van der Waals surface area contributed by atoms with Crippen molar-refractivity contribution in [3.63, 3.8) is 0 Å². The van der Waals surface area contributed by atoms with E-state index in [9.17, 15) is 8.42 Å². The summed E-state index contributed by atoms with van der Waals surface area (Å²) < 4.78 is 25.7. The number of hydrogen-bond donors (Lipinski definition) is 0. The van der Waals surface area contributed by atoms with Crippen molar-refractivity contribution in [3.05, 3.63) is 17.0 Å². The molecule has 0 amide bonds. The number of nitrogens with zero attached hydrogens (tertiary/aromatic N) is 1. The van der Waals surface area contributed by atoms with Gasteiger partial charge < -0.3 is 0 Å². The molecule has 0 aliphatic heterocycles. The number of sulfonamides is 1. The van der Waals surface area contributed by atoms with E-state index in [2.05, 4.69) is 0 Å². The fraction of sp³-hybridized carbons (Fsp3) is 0.556. The summed E-state index contributed by atoms with van der Waals surface area (Å²) >= 11 is 6.86. The van der Waals surface area contributed by atoms with Crippen molar-refractivity contribution >= 4 is 33.0 Å². The molecule has 0 atom stereocenters. The van der Waals surface area contributed by atoms with Crippen LogP contribution in [-0.4, -0.2) is 25.8 Å². The van der Waals surface area contributed by atoms with Crippen LogP contribution < -0.4 is 0 Å². The molecule has 0 radical (unpaired) electrons. The second kappa shape index (κ2) is 4.82. The molecule has 1 rings (SSSR count). The second-order valence-electron chi connectivity index (χ2n) is 3.47. The zero-order valence-corrected chi connectivity index (χ0v) is 11.3.